The van der Waals surface area contributed by atoms with Gasteiger partial charge in [-0.1, -0.05) is 0 Å². The second-order valence-electron chi connectivity index (χ2n) is 18.3. The first-order valence-electron chi connectivity index (χ1n) is 21.1. The molecule has 1 unspecified atom stereocenters. The first-order chi connectivity index (χ1) is 28.3. The van der Waals surface area contributed by atoms with E-state index in [4.69, 9.17) is 34.3 Å². The number of anilines is 1. The lowest BCUT2D eigenvalue weighted by Gasteiger charge is -2.42. The van der Waals surface area contributed by atoms with Crippen LogP contribution in [0.25, 0.3) is 44.1 Å². The van der Waals surface area contributed by atoms with E-state index in [0.717, 1.165) is 62.3 Å². The van der Waals surface area contributed by atoms with Gasteiger partial charge in [0, 0.05) is 67.8 Å². The molecule has 5 aliphatic rings. The second kappa shape index (κ2) is 14.2. The number of carbonyl (C=O) groups is 1. The summed E-state index contributed by atoms with van der Waals surface area (Å²) in [5, 5.41) is 6.78. The summed E-state index contributed by atoms with van der Waals surface area (Å²) in [6.45, 7) is 10.4. The molecule has 0 spiro atoms. The van der Waals surface area contributed by atoms with Crippen LogP contribution in [0.1, 0.15) is 95.9 Å². The molecule has 5 aromatic rings. The van der Waals surface area contributed by atoms with Crippen LogP contribution in [0.4, 0.5) is 23.8 Å². The maximum atomic E-state index is 15.3. The zero-order valence-corrected chi connectivity index (χ0v) is 34.4. The highest BCUT2D eigenvalue weighted by Gasteiger charge is 2.50. The van der Waals surface area contributed by atoms with Crippen LogP contribution in [-0.2, 0) is 16.5 Å². The Hall–Kier alpha value is -4.70. The number of aryl methyl sites for hydroxylation is 2. The molecule has 314 valence electrons. The average molecular weight is 816 g/mol. The minimum atomic E-state index is -2.78. The number of pyridine rings is 1. The molecule has 5 aliphatic heterocycles. The van der Waals surface area contributed by atoms with Crippen LogP contribution in [0.5, 0.6) is 6.01 Å². The Morgan fingerprint density at radius 1 is 1.07 bits per heavy atom. The Labute approximate surface area is 340 Å². The van der Waals surface area contributed by atoms with Gasteiger partial charge in [0.25, 0.3) is 6.43 Å². The topological polar surface area (TPSA) is 116 Å². The number of halogens is 3. The van der Waals surface area contributed by atoms with Gasteiger partial charge in [0.2, 0.25) is 0 Å². The second-order valence-corrected chi connectivity index (χ2v) is 18.3. The summed E-state index contributed by atoms with van der Waals surface area (Å²) in [6.07, 6.45) is 5.63. The summed E-state index contributed by atoms with van der Waals surface area (Å²) in [5.74, 6) is 0.634. The van der Waals surface area contributed by atoms with Gasteiger partial charge in [0.1, 0.15) is 29.8 Å². The molecule has 0 saturated carbocycles. The zero-order valence-electron chi connectivity index (χ0n) is 34.4. The summed E-state index contributed by atoms with van der Waals surface area (Å²) in [5.41, 5.74) is 1.91. The van der Waals surface area contributed by atoms with Gasteiger partial charge in [0.05, 0.1) is 45.9 Å². The highest BCUT2D eigenvalue weighted by Crippen LogP contribution is 2.46. The standard InChI is InChI=1S/C43H52F3N9O4/c1-24-17-30-29(19-48-55(30)31-9-6-7-16-57-31)33(32(24)37(45)46)35-36-28(12-14-47-35)34-38(51(36)5)49-40(58-23-43-13-8-15-53(43)20-25(44)18-43)50-39(34)52-21-26-10-11-27(22-52)54(26)41(56)59-42(2,3)4/h12,14,17,19,25-27,31,37H,6-11,13,15-16,18,20-23H2,1-5H3/t25-,26-,27+,31?,43+/m1/s1. The SMILES string of the molecule is Cc1cc2c(cnn2C2CCCCO2)c(-c2nccc3c4c(N5C[C@H]6CC[C@@H](C5)N6C(=O)OC(C)(C)C)nc(OC[C@@]56CCCN5C[C@H](F)C6)nc4n(C)c23)c1C(F)F. The number of amides is 1. The average Bonchev–Trinajstić information content (AvgIpc) is 3.99. The van der Waals surface area contributed by atoms with Crippen LogP contribution < -0.4 is 9.64 Å². The van der Waals surface area contributed by atoms with Crippen molar-refractivity contribution in [2.24, 2.45) is 7.05 Å². The van der Waals surface area contributed by atoms with Crippen molar-refractivity contribution in [2.75, 3.05) is 44.3 Å². The van der Waals surface area contributed by atoms with Crippen molar-refractivity contribution in [3.63, 3.8) is 0 Å². The van der Waals surface area contributed by atoms with Crippen molar-refractivity contribution >= 4 is 44.8 Å². The molecule has 16 heteroatoms. The van der Waals surface area contributed by atoms with Crippen LogP contribution in [0.15, 0.2) is 24.5 Å². The Kier molecular flexibility index (Phi) is 9.27. The Morgan fingerprint density at radius 3 is 2.59 bits per heavy atom. The molecular weight excluding hydrogens is 764 g/mol. The smallest absolute Gasteiger partial charge is 0.410 e. The lowest BCUT2D eigenvalue weighted by Crippen LogP contribution is -2.57. The summed E-state index contributed by atoms with van der Waals surface area (Å²) < 4.78 is 67.6. The van der Waals surface area contributed by atoms with Gasteiger partial charge in [-0.15, -0.1) is 0 Å². The predicted molar refractivity (Wildman–Crippen MR) is 217 cm³/mol. The van der Waals surface area contributed by atoms with Gasteiger partial charge in [0.15, 0.2) is 6.23 Å². The van der Waals surface area contributed by atoms with Crippen molar-refractivity contribution < 1.29 is 32.2 Å². The lowest BCUT2D eigenvalue weighted by atomic mass is 9.94. The fourth-order valence-corrected chi connectivity index (χ4v) is 10.8. The molecule has 2 bridgehead atoms. The fraction of sp³-hybridized carbons (Fsp3) is 0.605. The van der Waals surface area contributed by atoms with E-state index in [1.165, 1.54) is 0 Å². The van der Waals surface area contributed by atoms with Crippen LogP contribution >= 0.6 is 0 Å². The van der Waals surface area contributed by atoms with Gasteiger partial charge >= 0.3 is 12.1 Å². The molecule has 4 aromatic heterocycles. The van der Waals surface area contributed by atoms with Crippen LogP contribution in [0, 0.1) is 6.92 Å². The van der Waals surface area contributed by atoms with E-state index in [0.29, 0.717) is 77.4 Å². The third-order valence-electron chi connectivity index (χ3n) is 13.3. The number of alkyl halides is 3. The highest BCUT2D eigenvalue weighted by atomic mass is 19.3. The van der Waals surface area contributed by atoms with E-state index in [2.05, 4.69) is 9.80 Å². The number of ether oxygens (including phenoxy) is 3. The molecule has 13 nitrogen and oxygen atoms in total. The van der Waals surface area contributed by atoms with Crippen molar-refractivity contribution in [1.29, 1.82) is 0 Å². The van der Waals surface area contributed by atoms with Gasteiger partial charge < -0.3 is 23.7 Å². The molecule has 5 atom stereocenters. The Balaban J connectivity index is 1.13. The van der Waals surface area contributed by atoms with Crippen LogP contribution in [0.2, 0.25) is 0 Å². The molecule has 0 aliphatic carbocycles. The number of fused-ring (bicyclic) bond motifs is 7. The number of hydrogen-bond acceptors (Lipinski definition) is 10. The van der Waals surface area contributed by atoms with Crippen molar-refractivity contribution in [3.8, 4) is 17.3 Å². The maximum absolute atomic E-state index is 15.3. The summed E-state index contributed by atoms with van der Waals surface area (Å²) >= 11 is 0. The summed E-state index contributed by atoms with van der Waals surface area (Å²) in [4.78, 5) is 34.8. The molecular formula is C43H52F3N9O4. The quantitative estimate of drug-likeness (QED) is 0.160. The minimum absolute atomic E-state index is 0.0971. The molecule has 9 heterocycles. The molecule has 59 heavy (non-hydrogen) atoms. The summed E-state index contributed by atoms with van der Waals surface area (Å²) in [7, 11) is 1.87. The molecule has 5 fully saturated rings. The first kappa shape index (κ1) is 38.5. The van der Waals surface area contributed by atoms with Crippen molar-refractivity contribution in [2.45, 2.75) is 121 Å². The normalized spacial score (nSPS) is 26.3. The van der Waals surface area contributed by atoms with Crippen LogP contribution in [0.3, 0.4) is 0 Å². The van der Waals surface area contributed by atoms with Crippen molar-refractivity contribution in [3.05, 3.63) is 35.7 Å². The number of aromatic nitrogens is 6. The molecule has 1 amide bonds. The monoisotopic (exact) mass is 815 g/mol. The molecule has 0 N–H and O–H groups in total. The van der Waals surface area contributed by atoms with Gasteiger partial charge in [-0.25, -0.2) is 22.6 Å². The zero-order chi connectivity index (χ0) is 41.0. The third kappa shape index (κ3) is 6.38. The first-order valence-corrected chi connectivity index (χ1v) is 21.1. The molecule has 1 aromatic carbocycles. The van der Waals surface area contributed by atoms with E-state index >= 15 is 8.78 Å². The fourth-order valence-electron chi connectivity index (χ4n) is 10.8. The van der Waals surface area contributed by atoms with Crippen molar-refractivity contribution in [1.82, 2.24) is 39.1 Å². The number of carbonyl (C=O) groups excluding carboxylic acids is 1. The van der Waals surface area contributed by atoms with E-state index in [1.54, 1.807) is 25.4 Å². The number of piperazine rings is 1. The number of benzene rings is 1. The Morgan fingerprint density at radius 2 is 1.86 bits per heavy atom. The van der Waals surface area contributed by atoms with Gasteiger partial charge in [-0.05, 0) is 96.9 Å². The molecule has 5 saturated heterocycles. The van der Waals surface area contributed by atoms with E-state index < -0.39 is 23.7 Å². The third-order valence-corrected chi connectivity index (χ3v) is 13.3. The maximum Gasteiger partial charge on any atom is 0.410 e. The predicted octanol–water partition coefficient (Wildman–Crippen LogP) is 8.02. The van der Waals surface area contributed by atoms with Gasteiger partial charge in [-0.2, -0.15) is 15.1 Å². The Bertz CT molecular complexity index is 2450. The largest absolute Gasteiger partial charge is 0.461 e. The minimum Gasteiger partial charge on any atom is -0.461 e. The van der Waals surface area contributed by atoms with E-state index in [1.807, 2.05) is 48.0 Å². The van der Waals surface area contributed by atoms with Gasteiger partial charge in [-0.3, -0.25) is 14.8 Å². The van der Waals surface area contributed by atoms with E-state index in [-0.39, 0.29) is 42.6 Å². The number of rotatable bonds is 7. The number of nitrogens with zero attached hydrogens (tertiary/aromatic N) is 9. The lowest BCUT2D eigenvalue weighted by molar-refractivity contribution is -0.0366. The highest BCUT2D eigenvalue weighted by molar-refractivity contribution is 6.16. The van der Waals surface area contributed by atoms with E-state index in [9.17, 15) is 9.18 Å². The summed E-state index contributed by atoms with van der Waals surface area (Å²) in [6, 6.07) is 3.64. The molecule has 0 radical (unpaired) electrons. The molecule has 10 rings (SSSR count). The number of hydrogen-bond donors (Lipinski definition) is 0. The van der Waals surface area contributed by atoms with Crippen LogP contribution in [-0.4, -0.2) is 114 Å².